The molecule has 2 saturated heterocycles. The minimum atomic E-state index is -0.865. The maximum Gasteiger partial charge on any atom is 0.321 e. The van der Waals surface area contributed by atoms with Crippen molar-refractivity contribution in [2.75, 3.05) is 25.0 Å². The van der Waals surface area contributed by atoms with Gasteiger partial charge in [-0.25, -0.2) is 4.79 Å². The van der Waals surface area contributed by atoms with Gasteiger partial charge in [-0.2, -0.15) is 0 Å². The molecule has 0 radical (unpaired) electrons. The minimum Gasteiger partial charge on any atom is -0.342 e. The van der Waals surface area contributed by atoms with E-state index in [1.807, 2.05) is 11.8 Å². The maximum absolute atomic E-state index is 13.4. The molecule has 194 valence electrons. The van der Waals surface area contributed by atoms with Crippen molar-refractivity contribution in [1.29, 1.82) is 0 Å². The smallest absolute Gasteiger partial charge is 0.321 e. The first-order valence-corrected chi connectivity index (χ1v) is 13.3. The molecule has 2 aliphatic rings. The van der Waals surface area contributed by atoms with Crippen molar-refractivity contribution < 1.29 is 14.4 Å². The lowest BCUT2D eigenvalue weighted by molar-refractivity contribution is -0.161. The van der Waals surface area contributed by atoms with Crippen LogP contribution in [0, 0.1) is 5.92 Å². The third-order valence-corrected chi connectivity index (χ3v) is 7.45. The van der Waals surface area contributed by atoms with Crippen LogP contribution in [0.25, 0.3) is 0 Å². The van der Waals surface area contributed by atoms with Gasteiger partial charge in [-0.1, -0.05) is 66.7 Å². The third-order valence-electron chi connectivity index (χ3n) is 7.45. The number of urea groups is 1. The van der Waals surface area contributed by atoms with E-state index in [2.05, 4.69) is 70.4 Å². The topological polar surface area (TPSA) is 81.8 Å². The molecule has 4 amide bonds. The molecular weight excluding hydrogens is 440 g/mol. The van der Waals surface area contributed by atoms with Gasteiger partial charge in [0.2, 0.25) is 11.8 Å². The lowest BCUT2D eigenvalue weighted by Crippen LogP contribution is -2.73. The summed E-state index contributed by atoms with van der Waals surface area (Å²) < 4.78 is 0. The van der Waals surface area contributed by atoms with Gasteiger partial charge in [-0.15, -0.1) is 0 Å². The number of carbonyl (C=O) groups is 3. The molecule has 1 aromatic rings. The van der Waals surface area contributed by atoms with Crippen molar-refractivity contribution in [3.05, 3.63) is 29.3 Å². The van der Waals surface area contributed by atoms with Gasteiger partial charge in [0.15, 0.2) is 0 Å². The maximum atomic E-state index is 13.4. The molecule has 2 fully saturated rings. The molecular formula is C28H44N4O3. The number of piperazine rings is 1. The fourth-order valence-corrected chi connectivity index (χ4v) is 5.51. The number of piperidine rings is 1. The minimum absolute atomic E-state index is 0.0190. The van der Waals surface area contributed by atoms with Gasteiger partial charge in [0, 0.05) is 25.3 Å². The number of carbonyl (C=O) groups excluding carboxylic acids is 3. The third kappa shape index (κ3) is 5.49. The summed E-state index contributed by atoms with van der Waals surface area (Å²) in [5.74, 6) is 0.838. The van der Waals surface area contributed by atoms with Crippen molar-refractivity contribution in [3.8, 4) is 0 Å². The zero-order valence-corrected chi connectivity index (χ0v) is 22.6. The summed E-state index contributed by atoms with van der Waals surface area (Å²) in [6, 6.07) is 5.61. The summed E-state index contributed by atoms with van der Waals surface area (Å²) in [6.07, 6.45) is 2.34. The molecule has 2 heterocycles. The summed E-state index contributed by atoms with van der Waals surface area (Å²) >= 11 is 0. The van der Waals surface area contributed by atoms with E-state index in [0.29, 0.717) is 44.8 Å². The second-order valence-electron chi connectivity index (χ2n) is 11.2. The van der Waals surface area contributed by atoms with Crippen LogP contribution in [0.2, 0.25) is 0 Å². The SMILES string of the molecule is CCCN1C(=O)C(CC(C)C)NC(=O)C12CCN(C(=O)Nc1c(C(C)C)cccc1C(C)C)CC2. The number of anilines is 1. The highest BCUT2D eigenvalue weighted by Gasteiger charge is 2.53. The van der Waals surface area contributed by atoms with Gasteiger partial charge in [0.05, 0.1) is 0 Å². The first-order chi connectivity index (χ1) is 16.5. The van der Waals surface area contributed by atoms with Crippen LogP contribution in [0.15, 0.2) is 18.2 Å². The van der Waals surface area contributed by atoms with Gasteiger partial charge in [-0.05, 0) is 54.6 Å². The molecule has 7 nitrogen and oxygen atoms in total. The highest BCUT2D eigenvalue weighted by Crippen LogP contribution is 2.36. The Hall–Kier alpha value is -2.57. The van der Waals surface area contributed by atoms with Gasteiger partial charge in [0.25, 0.3) is 0 Å². The molecule has 0 aliphatic carbocycles. The van der Waals surface area contributed by atoms with E-state index in [4.69, 9.17) is 0 Å². The lowest BCUT2D eigenvalue weighted by Gasteiger charge is -2.51. The van der Waals surface area contributed by atoms with Gasteiger partial charge < -0.3 is 20.4 Å². The molecule has 1 aromatic carbocycles. The highest BCUT2D eigenvalue weighted by molar-refractivity contribution is 6.00. The van der Waals surface area contributed by atoms with Crippen LogP contribution in [0.3, 0.4) is 0 Å². The fraction of sp³-hybridized carbons (Fsp3) is 0.679. The van der Waals surface area contributed by atoms with Crippen LogP contribution in [-0.2, 0) is 9.59 Å². The zero-order valence-electron chi connectivity index (χ0n) is 22.6. The molecule has 1 spiro atoms. The van der Waals surface area contributed by atoms with Crippen molar-refractivity contribution in [2.24, 2.45) is 5.92 Å². The van der Waals surface area contributed by atoms with E-state index in [1.165, 1.54) is 0 Å². The van der Waals surface area contributed by atoms with Gasteiger partial charge in [0.1, 0.15) is 11.6 Å². The van der Waals surface area contributed by atoms with E-state index in [1.54, 1.807) is 4.90 Å². The van der Waals surface area contributed by atoms with Crippen LogP contribution in [-0.4, -0.2) is 58.9 Å². The van der Waals surface area contributed by atoms with E-state index in [-0.39, 0.29) is 29.7 Å². The average Bonchev–Trinajstić information content (AvgIpc) is 2.80. The number of nitrogens with one attached hydrogen (secondary N) is 2. The number of rotatable bonds is 7. The van der Waals surface area contributed by atoms with E-state index in [9.17, 15) is 14.4 Å². The number of amides is 4. The molecule has 2 aliphatic heterocycles. The Morgan fingerprint density at radius 1 is 1.06 bits per heavy atom. The van der Waals surface area contributed by atoms with Crippen molar-refractivity contribution in [3.63, 3.8) is 0 Å². The van der Waals surface area contributed by atoms with Crippen LogP contribution in [0.1, 0.15) is 97.1 Å². The number of benzene rings is 1. The van der Waals surface area contributed by atoms with Crippen molar-refractivity contribution >= 4 is 23.5 Å². The lowest BCUT2D eigenvalue weighted by atomic mass is 9.81. The average molecular weight is 485 g/mol. The quantitative estimate of drug-likeness (QED) is 0.566. The number of likely N-dealkylation sites (tertiary alicyclic amines) is 1. The molecule has 1 unspecified atom stereocenters. The van der Waals surface area contributed by atoms with Gasteiger partial charge >= 0.3 is 6.03 Å². The molecule has 3 rings (SSSR count). The number of hydrogen-bond donors (Lipinski definition) is 2. The second-order valence-corrected chi connectivity index (χ2v) is 11.2. The second kappa shape index (κ2) is 11.0. The molecule has 35 heavy (non-hydrogen) atoms. The summed E-state index contributed by atoms with van der Waals surface area (Å²) in [5.41, 5.74) is 2.29. The summed E-state index contributed by atoms with van der Waals surface area (Å²) in [7, 11) is 0. The molecule has 1 atom stereocenters. The Morgan fingerprint density at radius 3 is 2.11 bits per heavy atom. The van der Waals surface area contributed by atoms with E-state index in [0.717, 1.165) is 23.2 Å². The first kappa shape index (κ1) is 27.0. The number of para-hydroxylation sites is 1. The Balaban J connectivity index is 1.77. The Bertz CT molecular complexity index is 906. The summed E-state index contributed by atoms with van der Waals surface area (Å²) in [6.45, 7) is 16.1. The number of nitrogens with zero attached hydrogens (tertiary/aromatic N) is 2. The normalized spacial score (nSPS) is 20.2. The number of hydrogen-bond acceptors (Lipinski definition) is 3. The van der Waals surface area contributed by atoms with Crippen LogP contribution in [0.4, 0.5) is 10.5 Å². The predicted octanol–water partition coefficient (Wildman–Crippen LogP) is 5.08. The van der Waals surface area contributed by atoms with Gasteiger partial charge in [-0.3, -0.25) is 9.59 Å². The molecule has 0 saturated carbocycles. The van der Waals surface area contributed by atoms with Crippen LogP contribution in [0.5, 0.6) is 0 Å². The summed E-state index contributed by atoms with van der Waals surface area (Å²) in [5, 5.41) is 6.21. The standard InChI is InChI=1S/C28H44N4O3/c1-8-14-32-25(33)23(17-18(2)3)29-26(34)28(32)12-15-31(16-13-28)27(35)30-24-21(19(4)5)10-9-11-22(24)20(6)7/h9-11,18-20,23H,8,12-17H2,1-7H3,(H,29,34)(H,30,35). The van der Waals surface area contributed by atoms with Crippen molar-refractivity contribution in [1.82, 2.24) is 15.1 Å². The summed E-state index contributed by atoms with van der Waals surface area (Å²) in [4.78, 5) is 43.7. The molecule has 2 N–H and O–H groups in total. The highest BCUT2D eigenvalue weighted by atomic mass is 16.2. The van der Waals surface area contributed by atoms with E-state index >= 15 is 0 Å². The Morgan fingerprint density at radius 2 is 1.63 bits per heavy atom. The fourth-order valence-electron chi connectivity index (χ4n) is 5.51. The molecule has 0 aromatic heterocycles. The van der Waals surface area contributed by atoms with E-state index < -0.39 is 11.6 Å². The molecule has 0 bridgehead atoms. The van der Waals surface area contributed by atoms with Crippen LogP contribution >= 0.6 is 0 Å². The first-order valence-electron chi connectivity index (χ1n) is 13.3. The largest absolute Gasteiger partial charge is 0.342 e. The zero-order chi connectivity index (χ0) is 25.9. The Labute approximate surface area is 211 Å². The van der Waals surface area contributed by atoms with Crippen LogP contribution < -0.4 is 10.6 Å². The van der Waals surface area contributed by atoms with Crippen molar-refractivity contribution in [2.45, 2.75) is 97.6 Å². The molecule has 7 heteroatoms. The Kier molecular flexibility index (Phi) is 8.50. The predicted molar refractivity (Wildman–Crippen MR) is 141 cm³/mol. The monoisotopic (exact) mass is 484 g/mol.